The molecule has 10 heteroatoms. The van der Waals surface area contributed by atoms with Crippen molar-refractivity contribution in [3.63, 3.8) is 0 Å². The highest BCUT2D eigenvalue weighted by Gasteiger charge is 2.17. The van der Waals surface area contributed by atoms with Gasteiger partial charge in [-0.2, -0.15) is 4.98 Å². The van der Waals surface area contributed by atoms with Crippen LogP contribution in [0.15, 0.2) is 47.0 Å². The fourth-order valence-electron chi connectivity index (χ4n) is 2.71. The average molecular weight is 430 g/mol. The molecule has 158 valence electrons. The molecule has 2 aromatic carbocycles. The number of hydrogen-bond acceptors (Lipinski definition) is 7. The third-order valence-electron chi connectivity index (χ3n) is 4.52. The van der Waals surface area contributed by atoms with Crippen molar-refractivity contribution >= 4 is 21.6 Å². The number of aryl methyl sites for hydroxylation is 1. The Bertz CT molecular complexity index is 1160. The Labute approximate surface area is 174 Å². The van der Waals surface area contributed by atoms with E-state index < -0.39 is 10.0 Å². The van der Waals surface area contributed by atoms with E-state index in [1.807, 2.05) is 0 Å². The van der Waals surface area contributed by atoms with Crippen molar-refractivity contribution < 1.29 is 22.5 Å². The predicted molar refractivity (Wildman–Crippen MR) is 112 cm³/mol. The van der Waals surface area contributed by atoms with Crippen LogP contribution in [0.3, 0.4) is 0 Å². The number of anilines is 1. The van der Waals surface area contributed by atoms with E-state index in [-0.39, 0.29) is 18.3 Å². The summed E-state index contributed by atoms with van der Waals surface area (Å²) in [6, 6.07) is 12.0. The van der Waals surface area contributed by atoms with Crippen molar-refractivity contribution in [3.8, 4) is 17.1 Å². The van der Waals surface area contributed by atoms with Crippen molar-refractivity contribution in [2.24, 2.45) is 0 Å². The SMILES string of the molecule is COc1ccc(-c2noc(CNC(=O)c3ccc(C)c(N(C)S(C)(=O)=O)c3)n2)cc1. The van der Waals surface area contributed by atoms with Crippen LogP contribution >= 0.6 is 0 Å². The van der Waals surface area contributed by atoms with Crippen LogP contribution < -0.4 is 14.4 Å². The normalized spacial score (nSPS) is 11.2. The van der Waals surface area contributed by atoms with E-state index in [0.29, 0.717) is 22.8 Å². The van der Waals surface area contributed by atoms with Gasteiger partial charge in [0.1, 0.15) is 5.75 Å². The summed E-state index contributed by atoms with van der Waals surface area (Å²) in [5.74, 6) is 0.972. The molecule has 1 aromatic heterocycles. The molecule has 1 amide bonds. The maximum absolute atomic E-state index is 12.5. The Hall–Kier alpha value is -3.40. The van der Waals surface area contributed by atoms with Crippen molar-refractivity contribution in [2.75, 3.05) is 24.7 Å². The van der Waals surface area contributed by atoms with Crippen molar-refractivity contribution in [2.45, 2.75) is 13.5 Å². The molecule has 0 atom stereocenters. The number of aromatic nitrogens is 2. The minimum atomic E-state index is -3.44. The monoisotopic (exact) mass is 430 g/mol. The lowest BCUT2D eigenvalue weighted by atomic mass is 10.1. The summed E-state index contributed by atoms with van der Waals surface area (Å²) in [7, 11) is -0.417. The quantitative estimate of drug-likeness (QED) is 0.612. The molecule has 1 heterocycles. The second-order valence-corrected chi connectivity index (χ2v) is 8.67. The topological polar surface area (TPSA) is 115 Å². The fraction of sp³-hybridized carbons (Fsp3) is 0.250. The standard InChI is InChI=1S/C20H22N4O5S/c1-13-5-6-15(11-17(13)24(2)30(4,26)27)20(25)21-12-18-22-19(23-29-18)14-7-9-16(28-3)10-8-14/h5-11H,12H2,1-4H3,(H,21,25). The number of rotatable bonds is 7. The summed E-state index contributed by atoms with van der Waals surface area (Å²) in [5.41, 5.74) is 2.25. The summed E-state index contributed by atoms with van der Waals surface area (Å²) < 4.78 is 35.1. The smallest absolute Gasteiger partial charge is 0.251 e. The molecule has 3 aromatic rings. The number of methoxy groups -OCH3 is 1. The second-order valence-electron chi connectivity index (χ2n) is 6.65. The lowest BCUT2D eigenvalue weighted by Gasteiger charge is -2.19. The van der Waals surface area contributed by atoms with Gasteiger partial charge in [0.15, 0.2) is 0 Å². The lowest BCUT2D eigenvalue weighted by molar-refractivity contribution is 0.0946. The van der Waals surface area contributed by atoms with Crippen LogP contribution in [0.25, 0.3) is 11.4 Å². The molecule has 0 spiro atoms. The summed E-state index contributed by atoms with van der Waals surface area (Å²) >= 11 is 0. The van der Waals surface area contributed by atoms with Gasteiger partial charge >= 0.3 is 0 Å². The molecule has 0 radical (unpaired) electrons. The predicted octanol–water partition coefficient (Wildman–Crippen LogP) is 2.38. The zero-order valence-corrected chi connectivity index (χ0v) is 17.9. The molecule has 0 bridgehead atoms. The summed E-state index contributed by atoms with van der Waals surface area (Å²) in [4.78, 5) is 16.8. The lowest BCUT2D eigenvalue weighted by Crippen LogP contribution is -2.27. The van der Waals surface area contributed by atoms with Crippen LogP contribution in [0, 0.1) is 6.92 Å². The minimum Gasteiger partial charge on any atom is -0.497 e. The Balaban J connectivity index is 1.69. The van der Waals surface area contributed by atoms with Gasteiger partial charge in [-0.25, -0.2) is 8.42 Å². The van der Waals surface area contributed by atoms with Crippen molar-refractivity contribution in [1.29, 1.82) is 0 Å². The van der Waals surface area contributed by atoms with Gasteiger partial charge in [0.2, 0.25) is 21.7 Å². The number of ether oxygens (including phenoxy) is 1. The number of carbonyl (C=O) groups excluding carboxylic acids is 1. The molecule has 30 heavy (non-hydrogen) atoms. The molecule has 0 saturated heterocycles. The maximum Gasteiger partial charge on any atom is 0.251 e. The first-order valence-electron chi connectivity index (χ1n) is 8.99. The largest absolute Gasteiger partial charge is 0.497 e. The number of benzene rings is 2. The van der Waals surface area contributed by atoms with Gasteiger partial charge in [-0.15, -0.1) is 0 Å². The second kappa shape index (κ2) is 8.54. The first kappa shape index (κ1) is 21.3. The van der Waals surface area contributed by atoms with Crippen molar-refractivity contribution in [3.05, 3.63) is 59.5 Å². The molecule has 0 fully saturated rings. The Morgan fingerprint density at radius 2 is 1.90 bits per heavy atom. The minimum absolute atomic E-state index is 0.0348. The summed E-state index contributed by atoms with van der Waals surface area (Å²) in [5, 5.41) is 6.62. The van der Waals surface area contributed by atoms with E-state index in [1.165, 1.54) is 13.1 Å². The van der Waals surface area contributed by atoms with Gasteiger partial charge in [-0.1, -0.05) is 11.2 Å². The van der Waals surface area contributed by atoms with Crippen molar-refractivity contribution in [1.82, 2.24) is 15.5 Å². The van der Waals surface area contributed by atoms with Gasteiger partial charge in [0.05, 0.1) is 25.6 Å². The highest BCUT2D eigenvalue weighted by atomic mass is 32.2. The Morgan fingerprint density at radius 1 is 1.20 bits per heavy atom. The van der Waals surface area contributed by atoms with Crippen LogP contribution in [-0.4, -0.2) is 44.9 Å². The maximum atomic E-state index is 12.5. The van der Waals surface area contributed by atoms with Crippen LogP contribution in [0.2, 0.25) is 0 Å². The number of sulfonamides is 1. The third kappa shape index (κ3) is 4.77. The molecule has 0 aliphatic rings. The van der Waals surface area contributed by atoms with E-state index in [2.05, 4.69) is 15.5 Å². The van der Waals surface area contributed by atoms with E-state index in [1.54, 1.807) is 50.4 Å². The molecule has 1 N–H and O–H groups in total. The van der Waals surface area contributed by atoms with Crippen LogP contribution in [0.5, 0.6) is 5.75 Å². The molecule has 0 unspecified atom stereocenters. The Kier molecular flexibility index (Phi) is 6.06. The molecule has 9 nitrogen and oxygen atoms in total. The highest BCUT2D eigenvalue weighted by Crippen LogP contribution is 2.23. The van der Waals surface area contributed by atoms with Gasteiger partial charge in [0, 0.05) is 18.2 Å². The third-order valence-corrected chi connectivity index (χ3v) is 5.72. The molecular weight excluding hydrogens is 408 g/mol. The Morgan fingerprint density at radius 3 is 2.53 bits per heavy atom. The van der Waals surface area contributed by atoms with Gasteiger partial charge in [-0.05, 0) is 48.9 Å². The van der Waals surface area contributed by atoms with Gasteiger partial charge in [-0.3, -0.25) is 9.10 Å². The first-order chi connectivity index (χ1) is 14.2. The average Bonchev–Trinajstić information content (AvgIpc) is 3.20. The number of nitrogens with one attached hydrogen (secondary N) is 1. The molecule has 3 rings (SSSR count). The molecule has 0 saturated carbocycles. The number of carbonyl (C=O) groups is 1. The molecular formula is C20H22N4O5S. The summed E-state index contributed by atoms with van der Waals surface area (Å²) in [6.45, 7) is 1.81. The van der Waals surface area contributed by atoms with Gasteiger partial charge < -0.3 is 14.6 Å². The van der Waals surface area contributed by atoms with Crippen LogP contribution in [0.4, 0.5) is 5.69 Å². The first-order valence-corrected chi connectivity index (χ1v) is 10.8. The van der Waals surface area contributed by atoms with E-state index >= 15 is 0 Å². The fourth-order valence-corrected chi connectivity index (χ4v) is 3.26. The number of nitrogens with zero attached hydrogens (tertiary/aromatic N) is 3. The highest BCUT2D eigenvalue weighted by molar-refractivity contribution is 7.92. The number of hydrogen-bond donors (Lipinski definition) is 1. The van der Waals surface area contributed by atoms with Crippen LogP contribution in [0.1, 0.15) is 21.8 Å². The van der Waals surface area contributed by atoms with E-state index in [9.17, 15) is 13.2 Å². The number of amides is 1. The molecule has 0 aliphatic carbocycles. The van der Waals surface area contributed by atoms with Gasteiger partial charge in [0.25, 0.3) is 5.91 Å². The van der Waals surface area contributed by atoms with E-state index in [0.717, 1.165) is 21.7 Å². The van der Waals surface area contributed by atoms with E-state index in [4.69, 9.17) is 9.26 Å². The zero-order valence-electron chi connectivity index (χ0n) is 17.0. The molecule has 0 aliphatic heterocycles. The summed E-state index contributed by atoms with van der Waals surface area (Å²) in [6.07, 6.45) is 1.11. The zero-order chi connectivity index (χ0) is 21.9. The van der Waals surface area contributed by atoms with Crippen LogP contribution in [-0.2, 0) is 16.6 Å².